The van der Waals surface area contributed by atoms with Gasteiger partial charge >= 0.3 is 0 Å². The molecule has 2 nitrogen and oxygen atoms in total. The molecule has 0 aliphatic carbocycles. The van der Waals surface area contributed by atoms with Gasteiger partial charge < -0.3 is 5.32 Å². The molecule has 0 spiro atoms. The summed E-state index contributed by atoms with van der Waals surface area (Å²) >= 11 is 0. The van der Waals surface area contributed by atoms with Crippen molar-refractivity contribution in [2.24, 2.45) is 17.8 Å². The number of benzene rings is 1. The molecular weight excluding hydrogens is 232 g/mol. The minimum absolute atomic E-state index is 0.0974. The summed E-state index contributed by atoms with van der Waals surface area (Å²) < 4.78 is 0. The van der Waals surface area contributed by atoms with Crippen LogP contribution in [-0.2, 0) is 13.0 Å². The average Bonchev–Trinajstić information content (AvgIpc) is 2.35. The molecule has 1 rings (SSSR count). The third kappa shape index (κ3) is 5.89. The molecule has 104 valence electrons. The zero-order chi connectivity index (χ0) is 14.3. The van der Waals surface area contributed by atoms with Crippen LogP contribution < -0.4 is 5.32 Å². The van der Waals surface area contributed by atoms with E-state index in [2.05, 4.69) is 63.3 Å². The predicted octanol–water partition coefficient (Wildman–Crippen LogP) is 3.77. The molecule has 0 radical (unpaired) electrons. The van der Waals surface area contributed by atoms with Crippen molar-refractivity contribution in [1.29, 1.82) is 5.26 Å². The number of hydrogen-bond acceptors (Lipinski definition) is 2. The Bertz CT molecular complexity index is 398. The van der Waals surface area contributed by atoms with Crippen molar-refractivity contribution < 1.29 is 0 Å². The number of hydrogen-bond donors (Lipinski definition) is 1. The summed E-state index contributed by atoms with van der Waals surface area (Å²) in [5.41, 5.74) is 2.68. The Morgan fingerprint density at radius 3 is 2.11 bits per heavy atom. The van der Waals surface area contributed by atoms with Gasteiger partial charge in [-0.2, -0.15) is 5.26 Å². The van der Waals surface area contributed by atoms with Gasteiger partial charge in [0.15, 0.2) is 0 Å². The van der Waals surface area contributed by atoms with Crippen molar-refractivity contribution >= 4 is 0 Å². The molecule has 2 heteroatoms. The molecule has 0 saturated heterocycles. The van der Waals surface area contributed by atoms with Crippen LogP contribution >= 0.6 is 0 Å². The first-order valence-electron chi connectivity index (χ1n) is 7.21. The van der Waals surface area contributed by atoms with E-state index in [-0.39, 0.29) is 5.92 Å². The summed E-state index contributed by atoms with van der Waals surface area (Å²) in [6, 6.07) is 11.1. The average molecular weight is 258 g/mol. The summed E-state index contributed by atoms with van der Waals surface area (Å²) in [4.78, 5) is 0. The first-order chi connectivity index (χ1) is 9.02. The molecule has 1 aromatic carbocycles. The summed E-state index contributed by atoms with van der Waals surface area (Å²) in [7, 11) is 0. The van der Waals surface area contributed by atoms with Crippen LogP contribution in [0.15, 0.2) is 24.3 Å². The number of nitrogens with zero attached hydrogens (tertiary/aromatic N) is 1. The van der Waals surface area contributed by atoms with Gasteiger partial charge in [-0.05, 0) is 29.4 Å². The second-order valence-corrected chi connectivity index (χ2v) is 6.02. The molecule has 1 unspecified atom stereocenters. The lowest BCUT2D eigenvalue weighted by Gasteiger charge is -2.14. The third-order valence-electron chi connectivity index (χ3n) is 3.33. The van der Waals surface area contributed by atoms with E-state index in [9.17, 15) is 0 Å². The Hall–Kier alpha value is -1.33. The summed E-state index contributed by atoms with van der Waals surface area (Å²) in [5, 5.41) is 12.4. The second kappa shape index (κ2) is 7.96. The fourth-order valence-electron chi connectivity index (χ4n) is 2.07. The fourth-order valence-corrected chi connectivity index (χ4v) is 2.07. The van der Waals surface area contributed by atoms with Crippen LogP contribution in [0.1, 0.15) is 38.8 Å². The van der Waals surface area contributed by atoms with Gasteiger partial charge in [-0.1, -0.05) is 52.0 Å². The first kappa shape index (κ1) is 15.7. The Morgan fingerprint density at radius 1 is 1.05 bits per heavy atom. The van der Waals surface area contributed by atoms with Crippen molar-refractivity contribution in [3.63, 3.8) is 0 Å². The van der Waals surface area contributed by atoms with Crippen molar-refractivity contribution in [1.82, 2.24) is 5.32 Å². The van der Waals surface area contributed by atoms with Gasteiger partial charge in [-0.3, -0.25) is 0 Å². The lowest BCUT2D eigenvalue weighted by Crippen LogP contribution is -2.24. The van der Waals surface area contributed by atoms with Gasteiger partial charge in [0, 0.05) is 13.1 Å². The topological polar surface area (TPSA) is 35.8 Å². The zero-order valence-corrected chi connectivity index (χ0v) is 12.6. The molecule has 0 aliphatic heterocycles. The molecule has 19 heavy (non-hydrogen) atoms. The molecule has 1 aromatic rings. The first-order valence-corrected chi connectivity index (χ1v) is 7.21. The summed E-state index contributed by atoms with van der Waals surface area (Å²) in [6.07, 6.45) is 1.14. The van der Waals surface area contributed by atoms with Gasteiger partial charge in [0.2, 0.25) is 0 Å². The summed E-state index contributed by atoms with van der Waals surface area (Å²) in [5.74, 6) is 1.21. The molecule has 0 saturated carbocycles. The molecule has 0 aromatic heterocycles. The van der Waals surface area contributed by atoms with Gasteiger partial charge in [0.25, 0.3) is 0 Å². The van der Waals surface area contributed by atoms with Crippen LogP contribution in [0, 0.1) is 29.1 Å². The monoisotopic (exact) mass is 258 g/mol. The predicted molar refractivity (Wildman–Crippen MR) is 80.6 cm³/mol. The molecule has 0 fully saturated rings. The zero-order valence-electron chi connectivity index (χ0n) is 12.6. The minimum Gasteiger partial charge on any atom is -0.311 e. The Labute approximate surface area is 117 Å². The normalized spacial score (nSPS) is 12.7. The van der Waals surface area contributed by atoms with Crippen LogP contribution in [0.2, 0.25) is 0 Å². The minimum atomic E-state index is 0.0974. The van der Waals surface area contributed by atoms with Crippen LogP contribution in [0.3, 0.4) is 0 Å². The van der Waals surface area contributed by atoms with Gasteiger partial charge in [-0.25, -0.2) is 0 Å². The van der Waals surface area contributed by atoms with E-state index < -0.39 is 0 Å². The van der Waals surface area contributed by atoms with E-state index in [4.69, 9.17) is 5.26 Å². The largest absolute Gasteiger partial charge is 0.311 e. The van der Waals surface area contributed by atoms with Crippen molar-refractivity contribution in [3.05, 3.63) is 35.4 Å². The van der Waals surface area contributed by atoms with Gasteiger partial charge in [-0.15, -0.1) is 0 Å². The van der Waals surface area contributed by atoms with E-state index >= 15 is 0 Å². The van der Waals surface area contributed by atoms with Crippen LogP contribution in [0.25, 0.3) is 0 Å². The van der Waals surface area contributed by atoms with E-state index in [1.54, 1.807) is 0 Å². The lowest BCUT2D eigenvalue weighted by molar-refractivity contribution is 0.442. The molecular formula is C17H26N2. The van der Waals surface area contributed by atoms with Crippen LogP contribution in [0.4, 0.5) is 0 Å². The summed E-state index contributed by atoms with van der Waals surface area (Å²) in [6.45, 7) is 10.3. The Kier molecular flexibility index (Phi) is 6.59. The molecule has 0 aliphatic rings. The van der Waals surface area contributed by atoms with Crippen molar-refractivity contribution in [2.75, 3.05) is 6.54 Å². The Balaban J connectivity index is 2.40. The van der Waals surface area contributed by atoms with Crippen LogP contribution in [-0.4, -0.2) is 6.54 Å². The van der Waals surface area contributed by atoms with Crippen LogP contribution in [0.5, 0.6) is 0 Å². The van der Waals surface area contributed by atoms with E-state index in [0.29, 0.717) is 11.8 Å². The van der Waals surface area contributed by atoms with E-state index in [1.165, 1.54) is 11.1 Å². The van der Waals surface area contributed by atoms with Gasteiger partial charge in [0.1, 0.15) is 0 Å². The van der Waals surface area contributed by atoms with Crippen molar-refractivity contribution in [2.45, 2.75) is 40.7 Å². The SMILES string of the molecule is CC(C)Cc1ccc(CNCC(C#N)C(C)C)cc1. The number of nitrogens with one attached hydrogen (secondary N) is 1. The lowest BCUT2D eigenvalue weighted by atomic mass is 9.97. The Morgan fingerprint density at radius 2 is 1.63 bits per heavy atom. The molecule has 0 amide bonds. The van der Waals surface area contributed by atoms with Gasteiger partial charge in [0.05, 0.1) is 12.0 Å². The standard InChI is InChI=1S/C17H26N2/c1-13(2)9-15-5-7-16(8-6-15)11-19-12-17(10-18)14(3)4/h5-8,13-14,17,19H,9,11-12H2,1-4H3. The van der Waals surface area contributed by atoms with E-state index in [1.807, 2.05) is 0 Å². The second-order valence-electron chi connectivity index (χ2n) is 6.02. The molecule has 0 heterocycles. The highest BCUT2D eigenvalue weighted by molar-refractivity contribution is 5.22. The maximum absolute atomic E-state index is 9.02. The maximum Gasteiger partial charge on any atom is 0.0671 e. The quantitative estimate of drug-likeness (QED) is 0.808. The van der Waals surface area contributed by atoms with E-state index in [0.717, 1.165) is 19.5 Å². The number of rotatable bonds is 7. The number of nitriles is 1. The third-order valence-corrected chi connectivity index (χ3v) is 3.33. The molecule has 0 bridgehead atoms. The highest BCUT2D eigenvalue weighted by Gasteiger charge is 2.11. The fraction of sp³-hybridized carbons (Fsp3) is 0.588. The maximum atomic E-state index is 9.02. The van der Waals surface area contributed by atoms with Crippen molar-refractivity contribution in [3.8, 4) is 6.07 Å². The molecule has 1 atom stereocenters. The smallest absolute Gasteiger partial charge is 0.0671 e. The highest BCUT2D eigenvalue weighted by Crippen LogP contribution is 2.11. The molecule has 1 N–H and O–H groups in total. The highest BCUT2D eigenvalue weighted by atomic mass is 14.9.